The first-order valence-electron chi connectivity index (χ1n) is 8.72. The van der Waals surface area contributed by atoms with E-state index < -0.39 is 16.2 Å². The van der Waals surface area contributed by atoms with Gasteiger partial charge in [-0.25, -0.2) is 17.5 Å². The molecular formula is C17H24FN3O3S. The number of amides is 1. The average molecular weight is 369 g/mol. The van der Waals surface area contributed by atoms with Gasteiger partial charge >= 0.3 is 0 Å². The molecule has 2 aliphatic heterocycles. The average Bonchev–Trinajstić information content (AvgIpc) is 3.06. The molecule has 138 valence electrons. The van der Waals surface area contributed by atoms with Gasteiger partial charge in [-0.15, -0.1) is 0 Å². The van der Waals surface area contributed by atoms with Crippen molar-refractivity contribution in [1.29, 1.82) is 0 Å². The minimum absolute atomic E-state index is 0.0603. The molecule has 1 aromatic carbocycles. The van der Waals surface area contributed by atoms with Gasteiger partial charge in [0.25, 0.3) is 5.91 Å². The number of nitrogens with zero attached hydrogens (tertiary/aromatic N) is 1. The van der Waals surface area contributed by atoms with E-state index >= 15 is 0 Å². The van der Waals surface area contributed by atoms with Crippen LogP contribution in [0.3, 0.4) is 0 Å². The Morgan fingerprint density at radius 2 is 2.04 bits per heavy atom. The first kappa shape index (κ1) is 18.3. The smallest absolute Gasteiger partial charge is 0.253 e. The normalized spacial score (nSPS) is 24.4. The van der Waals surface area contributed by atoms with Crippen LogP contribution in [0.15, 0.2) is 29.2 Å². The van der Waals surface area contributed by atoms with Gasteiger partial charge in [0.2, 0.25) is 10.0 Å². The first-order chi connectivity index (χ1) is 12.0. The molecular weight excluding hydrogens is 345 g/mol. The van der Waals surface area contributed by atoms with Crippen LogP contribution in [0.5, 0.6) is 0 Å². The molecule has 25 heavy (non-hydrogen) atoms. The van der Waals surface area contributed by atoms with Crippen molar-refractivity contribution in [2.24, 2.45) is 0 Å². The molecule has 0 aliphatic carbocycles. The Morgan fingerprint density at radius 1 is 1.28 bits per heavy atom. The standard InChI is InChI=1S/C17H24FN3O3S/c18-14-10-15(19-11-14)12-20-25(23,24)16-6-4-5-13(9-16)17(22)21-7-2-1-3-8-21/h4-6,9,14-15,19-20H,1-3,7-8,10-12H2/t14-,15-/m0/s1. The lowest BCUT2D eigenvalue weighted by molar-refractivity contribution is 0.0724. The van der Waals surface area contributed by atoms with E-state index in [1.807, 2.05) is 0 Å². The van der Waals surface area contributed by atoms with Crippen molar-refractivity contribution >= 4 is 15.9 Å². The fourth-order valence-corrected chi connectivity index (χ4v) is 4.42. The summed E-state index contributed by atoms with van der Waals surface area (Å²) in [6.45, 7) is 1.82. The number of sulfonamides is 1. The zero-order valence-corrected chi connectivity index (χ0v) is 14.9. The third-order valence-electron chi connectivity index (χ3n) is 4.72. The summed E-state index contributed by atoms with van der Waals surface area (Å²) in [5.74, 6) is -0.130. The highest BCUT2D eigenvalue weighted by molar-refractivity contribution is 7.89. The number of benzene rings is 1. The Balaban J connectivity index is 1.68. The number of hydrogen-bond donors (Lipinski definition) is 2. The lowest BCUT2D eigenvalue weighted by atomic mass is 10.1. The summed E-state index contributed by atoms with van der Waals surface area (Å²) in [5, 5.41) is 2.94. The van der Waals surface area contributed by atoms with E-state index in [0.29, 0.717) is 25.1 Å². The lowest BCUT2D eigenvalue weighted by Crippen LogP contribution is -2.37. The summed E-state index contributed by atoms with van der Waals surface area (Å²) in [6, 6.07) is 5.90. The number of piperidine rings is 1. The van der Waals surface area contributed by atoms with Gasteiger partial charge in [-0.3, -0.25) is 4.79 Å². The maximum atomic E-state index is 13.2. The van der Waals surface area contributed by atoms with Gasteiger partial charge in [0.05, 0.1) is 4.90 Å². The minimum Gasteiger partial charge on any atom is -0.339 e. The van der Waals surface area contributed by atoms with Gasteiger partial charge in [-0.2, -0.15) is 0 Å². The molecule has 0 radical (unpaired) electrons. The molecule has 2 atom stereocenters. The summed E-state index contributed by atoms with van der Waals surface area (Å²) >= 11 is 0. The fourth-order valence-electron chi connectivity index (χ4n) is 3.29. The number of alkyl halides is 1. The Bertz CT molecular complexity index is 720. The van der Waals surface area contributed by atoms with Gasteiger partial charge in [-0.05, 0) is 43.9 Å². The second kappa shape index (κ2) is 7.80. The van der Waals surface area contributed by atoms with E-state index in [0.717, 1.165) is 19.3 Å². The summed E-state index contributed by atoms with van der Waals surface area (Å²) in [5.41, 5.74) is 0.382. The van der Waals surface area contributed by atoms with Crippen LogP contribution >= 0.6 is 0 Å². The topological polar surface area (TPSA) is 78.5 Å². The maximum absolute atomic E-state index is 13.2. The molecule has 1 aromatic rings. The van der Waals surface area contributed by atoms with Crippen LogP contribution < -0.4 is 10.0 Å². The van der Waals surface area contributed by atoms with Crippen LogP contribution in [0.4, 0.5) is 4.39 Å². The summed E-state index contributed by atoms with van der Waals surface area (Å²) in [4.78, 5) is 14.4. The highest BCUT2D eigenvalue weighted by Gasteiger charge is 2.26. The molecule has 6 nitrogen and oxygen atoms in total. The van der Waals surface area contributed by atoms with Crippen molar-refractivity contribution in [3.63, 3.8) is 0 Å². The quantitative estimate of drug-likeness (QED) is 0.820. The van der Waals surface area contributed by atoms with E-state index in [9.17, 15) is 17.6 Å². The van der Waals surface area contributed by atoms with E-state index in [1.165, 1.54) is 12.1 Å². The first-order valence-corrected chi connectivity index (χ1v) is 10.2. The number of carbonyl (C=O) groups is 1. The van der Waals surface area contributed by atoms with E-state index in [-0.39, 0.29) is 29.9 Å². The Hall–Kier alpha value is -1.51. The van der Waals surface area contributed by atoms with E-state index in [1.54, 1.807) is 17.0 Å². The molecule has 2 heterocycles. The zero-order chi connectivity index (χ0) is 17.9. The predicted octanol–water partition coefficient (Wildman–Crippen LogP) is 1.29. The van der Waals surface area contributed by atoms with Crippen molar-refractivity contribution < 1.29 is 17.6 Å². The van der Waals surface area contributed by atoms with Gasteiger partial charge in [0.15, 0.2) is 0 Å². The van der Waals surface area contributed by atoms with Gasteiger partial charge in [0, 0.05) is 37.8 Å². The van der Waals surface area contributed by atoms with Crippen molar-refractivity contribution in [2.45, 2.75) is 42.8 Å². The summed E-state index contributed by atoms with van der Waals surface area (Å²) < 4.78 is 40.6. The van der Waals surface area contributed by atoms with Crippen LogP contribution in [0.1, 0.15) is 36.0 Å². The molecule has 2 aliphatic rings. The Morgan fingerprint density at radius 3 is 2.72 bits per heavy atom. The van der Waals surface area contributed by atoms with Gasteiger partial charge in [-0.1, -0.05) is 6.07 Å². The minimum atomic E-state index is -3.74. The van der Waals surface area contributed by atoms with Crippen molar-refractivity contribution in [2.75, 3.05) is 26.2 Å². The largest absolute Gasteiger partial charge is 0.339 e. The molecule has 2 N–H and O–H groups in total. The lowest BCUT2D eigenvalue weighted by Gasteiger charge is -2.26. The Labute approximate surface area is 147 Å². The number of likely N-dealkylation sites (tertiary alicyclic amines) is 1. The molecule has 3 rings (SSSR count). The molecule has 1 amide bonds. The third kappa shape index (κ3) is 4.56. The molecule has 0 spiro atoms. The number of carbonyl (C=O) groups excluding carboxylic acids is 1. The van der Waals surface area contributed by atoms with Crippen molar-refractivity contribution in [3.8, 4) is 0 Å². The predicted molar refractivity (Wildman–Crippen MR) is 92.7 cm³/mol. The molecule has 8 heteroatoms. The van der Waals surface area contributed by atoms with Crippen LogP contribution in [0.2, 0.25) is 0 Å². The van der Waals surface area contributed by atoms with Crippen LogP contribution in [0, 0.1) is 0 Å². The monoisotopic (exact) mass is 369 g/mol. The van der Waals surface area contributed by atoms with Crippen LogP contribution in [-0.4, -0.2) is 57.6 Å². The molecule has 0 aromatic heterocycles. The fraction of sp³-hybridized carbons (Fsp3) is 0.588. The van der Waals surface area contributed by atoms with Gasteiger partial charge in [0.1, 0.15) is 6.17 Å². The summed E-state index contributed by atoms with van der Waals surface area (Å²) in [7, 11) is -3.74. The molecule has 2 saturated heterocycles. The van der Waals surface area contributed by atoms with Crippen LogP contribution in [-0.2, 0) is 10.0 Å². The number of halogens is 1. The molecule has 0 saturated carbocycles. The second-order valence-corrected chi connectivity index (χ2v) is 8.44. The SMILES string of the molecule is O=C(c1cccc(S(=O)(=O)NC[C@@H]2C[C@H](F)CN2)c1)N1CCCCC1. The maximum Gasteiger partial charge on any atom is 0.253 e. The number of rotatable bonds is 5. The van der Waals surface area contributed by atoms with Crippen molar-refractivity contribution in [3.05, 3.63) is 29.8 Å². The highest BCUT2D eigenvalue weighted by Crippen LogP contribution is 2.17. The molecule has 2 fully saturated rings. The number of hydrogen-bond acceptors (Lipinski definition) is 4. The second-order valence-electron chi connectivity index (χ2n) is 6.67. The number of nitrogens with one attached hydrogen (secondary N) is 2. The molecule has 0 unspecified atom stereocenters. The third-order valence-corrected chi connectivity index (χ3v) is 6.14. The van der Waals surface area contributed by atoms with Crippen molar-refractivity contribution in [1.82, 2.24) is 14.9 Å². The van der Waals surface area contributed by atoms with Gasteiger partial charge < -0.3 is 10.2 Å². The zero-order valence-electron chi connectivity index (χ0n) is 14.1. The van der Waals surface area contributed by atoms with E-state index in [2.05, 4.69) is 10.0 Å². The summed E-state index contributed by atoms with van der Waals surface area (Å²) in [6.07, 6.45) is 2.46. The van der Waals surface area contributed by atoms with E-state index in [4.69, 9.17) is 0 Å². The molecule has 0 bridgehead atoms. The highest BCUT2D eigenvalue weighted by atomic mass is 32.2. The Kier molecular flexibility index (Phi) is 5.71. The van der Waals surface area contributed by atoms with Crippen LogP contribution in [0.25, 0.3) is 0 Å².